The van der Waals surface area contributed by atoms with Gasteiger partial charge in [0.15, 0.2) is 0 Å². The van der Waals surface area contributed by atoms with Crippen LogP contribution in [0.1, 0.15) is 52.4 Å². The molecule has 0 aromatic rings. The highest BCUT2D eigenvalue weighted by Crippen LogP contribution is 2.39. The summed E-state index contributed by atoms with van der Waals surface area (Å²) in [6, 6.07) is 0.621. The molecule has 0 radical (unpaired) electrons. The van der Waals surface area contributed by atoms with Crippen LogP contribution in [-0.2, 0) is 4.74 Å². The molecule has 0 bridgehead atoms. The monoisotopic (exact) mass is 211 g/mol. The summed E-state index contributed by atoms with van der Waals surface area (Å²) in [6.45, 7) is 6.58. The van der Waals surface area contributed by atoms with Gasteiger partial charge < -0.3 is 10.1 Å². The molecule has 15 heavy (non-hydrogen) atoms. The fourth-order valence-electron chi connectivity index (χ4n) is 3.11. The first-order chi connectivity index (χ1) is 7.23. The lowest BCUT2D eigenvalue weighted by atomic mass is 9.86. The van der Waals surface area contributed by atoms with E-state index in [2.05, 4.69) is 19.2 Å². The van der Waals surface area contributed by atoms with E-state index in [0.29, 0.717) is 6.04 Å². The minimum atomic E-state index is 0.215. The molecule has 1 saturated carbocycles. The van der Waals surface area contributed by atoms with E-state index in [-0.39, 0.29) is 5.60 Å². The molecule has 88 valence electrons. The van der Waals surface area contributed by atoms with Crippen LogP contribution >= 0.6 is 0 Å². The van der Waals surface area contributed by atoms with Crippen molar-refractivity contribution in [2.45, 2.75) is 64.0 Å². The Balaban J connectivity index is 1.93. The van der Waals surface area contributed by atoms with Crippen molar-refractivity contribution in [3.8, 4) is 0 Å². The molecule has 1 N–H and O–H groups in total. The smallest absolute Gasteiger partial charge is 0.0835 e. The minimum absolute atomic E-state index is 0.215. The van der Waals surface area contributed by atoms with E-state index < -0.39 is 0 Å². The normalized spacial score (nSPS) is 30.2. The maximum absolute atomic E-state index is 6.11. The van der Waals surface area contributed by atoms with Gasteiger partial charge in [0.05, 0.1) is 12.2 Å². The lowest BCUT2D eigenvalue weighted by molar-refractivity contribution is -0.0945. The van der Waals surface area contributed by atoms with E-state index in [1.165, 1.54) is 38.5 Å². The van der Waals surface area contributed by atoms with Gasteiger partial charge in [0.2, 0.25) is 0 Å². The van der Waals surface area contributed by atoms with Gasteiger partial charge in [0, 0.05) is 12.6 Å². The second kappa shape index (κ2) is 4.84. The maximum Gasteiger partial charge on any atom is 0.0835 e. The van der Waals surface area contributed by atoms with Crippen LogP contribution in [0, 0.1) is 5.92 Å². The molecule has 0 amide bonds. The third-order valence-electron chi connectivity index (χ3n) is 4.00. The van der Waals surface area contributed by atoms with Crippen molar-refractivity contribution in [3.05, 3.63) is 0 Å². The van der Waals surface area contributed by atoms with Crippen molar-refractivity contribution >= 4 is 0 Å². The van der Waals surface area contributed by atoms with E-state index in [0.717, 1.165) is 19.1 Å². The number of hydrogen-bond donors (Lipinski definition) is 1. The molecular formula is C13H25NO. The fraction of sp³-hybridized carbons (Fsp3) is 1.00. The topological polar surface area (TPSA) is 21.3 Å². The average Bonchev–Trinajstić information content (AvgIpc) is 2.66. The summed E-state index contributed by atoms with van der Waals surface area (Å²) in [5.41, 5.74) is 0.215. The first-order valence-corrected chi connectivity index (χ1v) is 6.60. The fourth-order valence-corrected chi connectivity index (χ4v) is 3.11. The highest BCUT2D eigenvalue weighted by atomic mass is 16.5. The van der Waals surface area contributed by atoms with Gasteiger partial charge in [-0.1, -0.05) is 26.7 Å². The number of morpholine rings is 1. The molecule has 0 aromatic heterocycles. The van der Waals surface area contributed by atoms with E-state index in [4.69, 9.17) is 4.74 Å². The zero-order valence-electron chi connectivity index (χ0n) is 10.2. The van der Waals surface area contributed by atoms with Crippen molar-refractivity contribution in [2.75, 3.05) is 13.2 Å². The number of ether oxygens (including phenoxy) is 1. The molecule has 1 spiro atoms. The van der Waals surface area contributed by atoms with Crippen LogP contribution in [0.25, 0.3) is 0 Å². The largest absolute Gasteiger partial charge is 0.372 e. The van der Waals surface area contributed by atoms with Crippen molar-refractivity contribution in [3.63, 3.8) is 0 Å². The SMILES string of the molecule is CC(C)CCC1NCCOC12CCCC2. The Bertz CT molecular complexity index is 197. The summed E-state index contributed by atoms with van der Waals surface area (Å²) in [7, 11) is 0. The standard InChI is InChI=1S/C13H25NO/c1-11(2)5-6-12-13(7-3-4-8-13)15-10-9-14-12/h11-12,14H,3-10H2,1-2H3. The Morgan fingerprint density at radius 1 is 1.33 bits per heavy atom. The molecular weight excluding hydrogens is 186 g/mol. The molecule has 1 atom stereocenters. The molecule has 2 fully saturated rings. The van der Waals surface area contributed by atoms with Crippen LogP contribution in [0.4, 0.5) is 0 Å². The highest BCUT2D eigenvalue weighted by molar-refractivity contribution is 4.99. The molecule has 1 saturated heterocycles. The molecule has 1 aliphatic heterocycles. The summed E-state index contributed by atoms with van der Waals surface area (Å²) >= 11 is 0. The average molecular weight is 211 g/mol. The van der Waals surface area contributed by atoms with Crippen LogP contribution < -0.4 is 5.32 Å². The Morgan fingerprint density at radius 3 is 2.73 bits per heavy atom. The first-order valence-electron chi connectivity index (χ1n) is 6.60. The Kier molecular flexibility index (Phi) is 3.68. The molecule has 2 aliphatic rings. The molecule has 1 unspecified atom stereocenters. The molecule has 1 heterocycles. The van der Waals surface area contributed by atoms with Gasteiger partial charge in [-0.15, -0.1) is 0 Å². The summed E-state index contributed by atoms with van der Waals surface area (Å²) < 4.78 is 6.11. The molecule has 2 nitrogen and oxygen atoms in total. The summed E-state index contributed by atoms with van der Waals surface area (Å²) in [4.78, 5) is 0. The van der Waals surface area contributed by atoms with Crippen LogP contribution in [0.2, 0.25) is 0 Å². The number of nitrogens with one attached hydrogen (secondary N) is 1. The highest BCUT2D eigenvalue weighted by Gasteiger charge is 2.43. The van der Waals surface area contributed by atoms with Gasteiger partial charge in [-0.25, -0.2) is 0 Å². The number of rotatable bonds is 3. The summed E-state index contributed by atoms with van der Waals surface area (Å²) in [5, 5.41) is 3.68. The zero-order valence-corrected chi connectivity index (χ0v) is 10.2. The summed E-state index contributed by atoms with van der Waals surface area (Å²) in [6.07, 6.45) is 7.89. The van der Waals surface area contributed by atoms with Crippen LogP contribution in [0.5, 0.6) is 0 Å². The van der Waals surface area contributed by atoms with Gasteiger partial charge >= 0.3 is 0 Å². The maximum atomic E-state index is 6.11. The Morgan fingerprint density at radius 2 is 2.07 bits per heavy atom. The van der Waals surface area contributed by atoms with E-state index in [9.17, 15) is 0 Å². The summed E-state index contributed by atoms with van der Waals surface area (Å²) in [5.74, 6) is 0.812. The van der Waals surface area contributed by atoms with Crippen LogP contribution in [0.3, 0.4) is 0 Å². The van der Waals surface area contributed by atoms with Gasteiger partial charge in [-0.2, -0.15) is 0 Å². The van der Waals surface area contributed by atoms with Crippen LogP contribution in [0.15, 0.2) is 0 Å². The van der Waals surface area contributed by atoms with Gasteiger partial charge in [-0.05, 0) is 31.6 Å². The predicted molar refractivity (Wildman–Crippen MR) is 63.0 cm³/mol. The van der Waals surface area contributed by atoms with Crippen molar-refractivity contribution in [1.29, 1.82) is 0 Å². The predicted octanol–water partition coefficient (Wildman–Crippen LogP) is 2.72. The quantitative estimate of drug-likeness (QED) is 0.775. The molecule has 2 rings (SSSR count). The first kappa shape index (κ1) is 11.4. The van der Waals surface area contributed by atoms with Crippen molar-refractivity contribution < 1.29 is 4.74 Å². The van der Waals surface area contributed by atoms with Crippen molar-refractivity contribution in [1.82, 2.24) is 5.32 Å². The van der Waals surface area contributed by atoms with Gasteiger partial charge in [0.25, 0.3) is 0 Å². The van der Waals surface area contributed by atoms with Gasteiger partial charge in [0.1, 0.15) is 0 Å². The van der Waals surface area contributed by atoms with Gasteiger partial charge in [-0.3, -0.25) is 0 Å². The second-order valence-electron chi connectivity index (χ2n) is 5.60. The Labute approximate surface area is 93.8 Å². The number of hydrogen-bond acceptors (Lipinski definition) is 2. The van der Waals surface area contributed by atoms with E-state index in [1.807, 2.05) is 0 Å². The Hall–Kier alpha value is -0.0800. The zero-order chi connectivity index (χ0) is 10.7. The lowest BCUT2D eigenvalue weighted by Crippen LogP contribution is -2.56. The molecule has 2 heteroatoms. The van der Waals surface area contributed by atoms with E-state index in [1.54, 1.807) is 0 Å². The minimum Gasteiger partial charge on any atom is -0.372 e. The third kappa shape index (κ3) is 2.54. The second-order valence-corrected chi connectivity index (χ2v) is 5.60. The molecule has 0 aromatic carbocycles. The van der Waals surface area contributed by atoms with Crippen LogP contribution in [-0.4, -0.2) is 24.8 Å². The third-order valence-corrected chi connectivity index (χ3v) is 4.00. The van der Waals surface area contributed by atoms with E-state index >= 15 is 0 Å². The lowest BCUT2D eigenvalue weighted by Gasteiger charge is -2.42. The molecule has 1 aliphatic carbocycles. The van der Waals surface area contributed by atoms with Crippen molar-refractivity contribution in [2.24, 2.45) is 5.92 Å².